The molecule has 7 nitrogen and oxygen atoms in total. The molecule has 1 unspecified atom stereocenters. The molecule has 2 amide bonds. The molecule has 2 aromatic rings. The van der Waals surface area contributed by atoms with Crippen LogP contribution in [-0.2, 0) is 24.4 Å². The van der Waals surface area contributed by atoms with Crippen molar-refractivity contribution >= 4 is 11.8 Å². The largest absolute Gasteiger partial charge is 0.346 e. The molecule has 1 fully saturated rings. The standard InChI is InChI=1S/C18H21N5O2/c24-17-8-14(12-22(17)11-13-4-2-1-3-5-13)20-18(25)16-9-15-10-19-6-7-23(15)21-16/h1-5,9,14,19H,6-8,10-12H2,(H,20,25). The molecule has 4 rings (SSSR count). The smallest absolute Gasteiger partial charge is 0.272 e. The summed E-state index contributed by atoms with van der Waals surface area (Å²) >= 11 is 0. The molecular formula is C18H21N5O2. The summed E-state index contributed by atoms with van der Waals surface area (Å²) in [4.78, 5) is 26.5. The van der Waals surface area contributed by atoms with Gasteiger partial charge < -0.3 is 15.5 Å². The minimum Gasteiger partial charge on any atom is -0.346 e. The second-order valence-electron chi connectivity index (χ2n) is 6.56. The topological polar surface area (TPSA) is 79.3 Å². The Kier molecular flexibility index (Phi) is 4.23. The van der Waals surface area contributed by atoms with Crippen molar-refractivity contribution in [3.05, 3.63) is 53.3 Å². The summed E-state index contributed by atoms with van der Waals surface area (Å²) in [7, 11) is 0. The van der Waals surface area contributed by atoms with Gasteiger partial charge in [0.15, 0.2) is 5.69 Å². The SMILES string of the molecule is O=C(NC1CC(=O)N(Cc2ccccc2)C1)c1cc2n(n1)CCNC2. The maximum atomic E-state index is 12.5. The molecule has 0 spiro atoms. The van der Waals surface area contributed by atoms with Crippen molar-refractivity contribution in [2.75, 3.05) is 13.1 Å². The number of amides is 2. The van der Waals surface area contributed by atoms with E-state index in [1.165, 1.54) is 0 Å². The zero-order valence-corrected chi connectivity index (χ0v) is 13.9. The molecule has 1 aromatic carbocycles. The number of carbonyl (C=O) groups excluding carboxylic acids is 2. The van der Waals surface area contributed by atoms with Crippen LogP contribution in [0.1, 0.15) is 28.2 Å². The van der Waals surface area contributed by atoms with Crippen LogP contribution in [0.3, 0.4) is 0 Å². The average molecular weight is 339 g/mol. The second kappa shape index (κ2) is 6.68. The highest BCUT2D eigenvalue weighted by molar-refractivity contribution is 5.93. The van der Waals surface area contributed by atoms with Gasteiger partial charge in [0, 0.05) is 32.6 Å². The molecule has 2 aliphatic rings. The Balaban J connectivity index is 1.37. The van der Waals surface area contributed by atoms with Crippen molar-refractivity contribution in [3.8, 4) is 0 Å². The van der Waals surface area contributed by atoms with E-state index >= 15 is 0 Å². The number of rotatable bonds is 4. The average Bonchev–Trinajstić information content (AvgIpc) is 3.19. The Morgan fingerprint density at radius 3 is 2.96 bits per heavy atom. The van der Waals surface area contributed by atoms with E-state index in [9.17, 15) is 9.59 Å². The Morgan fingerprint density at radius 1 is 1.32 bits per heavy atom. The van der Waals surface area contributed by atoms with Crippen LogP contribution in [0.25, 0.3) is 0 Å². The van der Waals surface area contributed by atoms with Crippen molar-refractivity contribution in [3.63, 3.8) is 0 Å². The summed E-state index contributed by atoms with van der Waals surface area (Å²) in [6.45, 7) is 3.48. The first kappa shape index (κ1) is 15.8. The molecule has 0 bridgehead atoms. The fraction of sp³-hybridized carbons (Fsp3) is 0.389. The molecule has 7 heteroatoms. The minimum atomic E-state index is -0.207. The van der Waals surface area contributed by atoms with Gasteiger partial charge in [0.1, 0.15) is 0 Å². The quantitative estimate of drug-likeness (QED) is 0.851. The molecule has 2 N–H and O–H groups in total. The maximum Gasteiger partial charge on any atom is 0.272 e. The van der Waals surface area contributed by atoms with E-state index < -0.39 is 0 Å². The van der Waals surface area contributed by atoms with Gasteiger partial charge in [-0.25, -0.2) is 0 Å². The van der Waals surface area contributed by atoms with Crippen molar-refractivity contribution in [2.45, 2.75) is 32.1 Å². The lowest BCUT2D eigenvalue weighted by molar-refractivity contribution is -0.128. The highest BCUT2D eigenvalue weighted by atomic mass is 16.2. The van der Waals surface area contributed by atoms with E-state index in [1.807, 2.05) is 41.1 Å². The Morgan fingerprint density at radius 2 is 2.16 bits per heavy atom. The number of nitrogens with zero attached hydrogens (tertiary/aromatic N) is 3. The molecule has 25 heavy (non-hydrogen) atoms. The third-order valence-electron chi connectivity index (χ3n) is 4.67. The van der Waals surface area contributed by atoms with Crippen LogP contribution < -0.4 is 10.6 Å². The number of fused-ring (bicyclic) bond motifs is 1. The lowest BCUT2D eigenvalue weighted by Gasteiger charge is -2.17. The van der Waals surface area contributed by atoms with E-state index in [0.29, 0.717) is 25.2 Å². The number of nitrogens with one attached hydrogen (secondary N) is 2. The van der Waals surface area contributed by atoms with E-state index in [1.54, 1.807) is 4.90 Å². The Hall–Kier alpha value is -2.67. The summed E-state index contributed by atoms with van der Waals surface area (Å²) in [5.74, 6) is -0.135. The minimum absolute atomic E-state index is 0.0717. The van der Waals surface area contributed by atoms with Crippen LogP contribution in [0.2, 0.25) is 0 Å². The summed E-state index contributed by atoms with van der Waals surface area (Å²) in [6.07, 6.45) is 0.341. The fourth-order valence-electron chi connectivity index (χ4n) is 3.39. The molecule has 3 heterocycles. The predicted octanol–water partition coefficient (Wildman–Crippen LogP) is 0.517. The summed E-state index contributed by atoms with van der Waals surface area (Å²) in [6, 6.07) is 11.5. The third kappa shape index (κ3) is 3.41. The highest BCUT2D eigenvalue weighted by Gasteiger charge is 2.31. The molecule has 1 aromatic heterocycles. The van der Waals surface area contributed by atoms with Crippen molar-refractivity contribution in [2.24, 2.45) is 0 Å². The van der Waals surface area contributed by atoms with Gasteiger partial charge in [-0.1, -0.05) is 30.3 Å². The summed E-state index contributed by atoms with van der Waals surface area (Å²) < 4.78 is 1.87. The number of aromatic nitrogens is 2. The highest BCUT2D eigenvalue weighted by Crippen LogP contribution is 2.16. The van der Waals surface area contributed by atoms with Gasteiger partial charge in [0.25, 0.3) is 5.91 Å². The van der Waals surface area contributed by atoms with Crippen LogP contribution in [0, 0.1) is 0 Å². The number of benzene rings is 1. The summed E-state index contributed by atoms with van der Waals surface area (Å²) in [5, 5.41) is 10.6. The molecule has 0 radical (unpaired) electrons. The third-order valence-corrected chi connectivity index (χ3v) is 4.67. The maximum absolute atomic E-state index is 12.5. The first-order valence-electron chi connectivity index (χ1n) is 8.59. The molecule has 1 saturated heterocycles. The van der Waals surface area contributed by atoms with Crippen LogP contribution in [-0.4, -0.2) is 45.6 Å². The van der Waals surface area contributed by atoms with Gasteiger partial charge in [-0.2, -0.15) is 5.10 Å². The van der Waals surface area contributed by atoms with Crippen molar-refractivity contribution < 1.29 is 9.59 Å². The van der Waals surface area contributed by atoms with Crippen molar-refractivity contribution in [1.82, 2.24) is 25.3 Å². The van der Waals surface area contributed by atoms with Gasteiger partial charge in [0.2, 0.25) is 5.91 Å². The van der Waals surface area contributed by atoms with Gasteiger partial charge in [-0.05, 0) is 11.6 Å². The number of hydrogen-bond donors (Lipinski definition) is 2. The fourth-order valence-corrected chi connectivity index (χ4v) is 3.39. The molecule has 130 valence electrons. The van der Waals surface area contributed by atoms with Gasteiger partial charge >= 0.3 is 0 Å². The predicted molar refractivity (Wildman–Crippen MR) is 91.7 cm³/mol. The molecule has 1 atom stereocenters. The number of likely N-dealkylation sites (tertiary alicyclic amines) is 1. The first-order valence-corrected chi connectivity index (χ1v) is 8.59. The molecule has 0 saturated carbocycles. The van der Waals surface area contributed by atoms with Crippen LogP contribution in [0.15, 0.2) is 36.4 Å². The van der Waals surface area contributed by atoms with Crippen molar-refractivity contribution in [1.29, 1.82) is 0 Å². The van der Waals surface area contributed by atoms with E-state index in [4.69, 9.17) is 0 Å². The first-order chi connectivity index (χ1) is 12.2. The molecule has 2 aliphatic heterocycles. The normalized spacial score (nSPS) is 19.8. The lowest BCUT2D eigenvalue weighted by atomic mass is 10.2. The van der Waals surface area contributed by atoms with Crippen LogP contribution in [0.5, 0.6) is 0 Å². The van der Waals surface area contributed by atoms with Gasteiger partial charge in [0.05, 0.1) is 18.3 Å². The Labute approximate surface area is 146 Å². The van der Waals surface area contributed by atoms with Crippen LogP contribution in [0.4, 0.5) is 0 Å². The van der Waals surface area contributed by atoms with Gasteiger partial charge in [-0.3, -0.25) is 14.3 Å². The summed E-state index contributed by atoms with van der Waals surface area (Å²) in [5.41, 5.74) is 2.54. The zero-order valence-electron chi connectivity index (χ0n) is 13.9. The van der Waals surface area contributed by atoms with E-state index in [0.717, 1.165) is 30.9 Å². The van der Waals surface area contributed by atoms with Crippen LogP contribution >= 0.6 is 0 Å². The number of hydrogen-bond acceptors (Lipinski definition) is 4. The van der Waals surface area contributed by atoms with E-state index in [2.05, 4.69) is 15.7 Å². The monoisotopic (exact) mass is 339 g/mol. The number of carbonyl (C=O) groups is 2. The molecule has 0 aliphatic carbocycles. The Bertz CT molecular complexity index is 763. The molecular weight excluding hydrogens is 318 g/mol. The second-order valence-corrected chi connectivity index (χ2v) is 6.56. The van der Waals surface area contributed by atoms with Gasteiger partial charge in [-0.15, -0.1) is 0 Å². The lowest BCUT2D eigenvalue weighted by Crippen LogP contribution is -2.37. The zero-order chi connectivity index (χ0) is 17.2. The van der Waals surface area contributed by atoms with E-state index in [-0.39, 0.29) is 17.9 Å².